The molecule has 1 aliphatic rings. The topological polar surface area (TPSA) is 55.7 Å². The molecule has 0 radical (unpaired) electrons. The molecule has 1 heterocycles. The third-order valence-corrected chi connectivity index (χ3v) is 1.47. The summed E-state index contributed by atoms with van der Waals surface area (Å²) in [6, 6.07) is 0. The highest BCUT2D eigenvalue weighted by atomic mass is 16.7. The Hall–Kier alpha value is -0.640. The minimum Gasteiger partial charge on any atom is -0.302 e. The van der Waals surface area contributed by atoms with E-state index < -0.39 is 6.23 Å². The van der Waals surface area contributed by atoms with Gasteiger partial charge in [-0.05, 0) is 12.3 Å². The molecule has 0 aromatic rings. The first-order valence-electron chi connectivity index (χ1n) is 3.40. The molecule has 0 N–H and O–H groups in total. The van der Waals surface area contributed by atoms with Crippen molar-refractivity contribution in [3.05, 3.63) is 10.1 Å². The fourth-order valence-corrected chi connectivity index (χ4v) is 0.956. The van der Waals surface area contributed by atoms with Crippen molar-refractivity contribution < 1.29 is 9.66 Å². The smallest absolute Gasteiger partial charge is 0.302 e. The summed E-state index contributed by atoms with van der Waals surface area (Å²) in [4.78, 5) is 9.67. The Labute approximate surface area is 59.3 Å². The molecule has 1 aliphatic heterocycles. The summed E-state index contributed by atoms with van der Waals surface area (Å²) in [5, 5.41) is 10.0. The fourth-order valence-electron chi connectivity index (χ4n) is 0.956. The highest BCUT2D eigenvalue weighted by molar-refractivity contribution is 4.76. The van der Waals surface area contributed by atoms with E-state index in [0.29, 0.717) is 5.92 Å². The Morgan fingerprint density at radius 3 is 2.60 bits per heavy atom. The third kappa shape index (κ3) is 1.67. The van der Waals surface area contributed by atoms with Crippen LogP contribution >= 0.6 is 0 Å². The van der Waals surface area contributed by atoms with E-state index in [4.69, 9.17) is 4.74 Å². The number of nitrogens with zero attached hydrogens (tertiary/aromatic N) is 1. The average molecular weight is 145 g/mol. The van der Waals surface area contributed by atoms with E-state index >= 15 is 0 Å². The van der Waals surface area contributed by atoms with Crippen LogP contribution in [0.15, 0.2) is 0 Å². The molecule has 10 heavy (non-hydrogen) atoms. The van der Waals surface area contributed by atoms with Gasteiger partial charge in [-0.25, -0.2) is 0 Å². The molecule has 0 saturated carbocycles. The van der Waals surface area contributed by atoms with Crippen LogP contribution in [-0.2, 0) is 4.74 Å². The van der Waals surface area contributed by atoms with Crippen molar-refractivity contribution in [2.45, 2.75) is 32.6 Å². The van der Waals surface area contributed by atoms with Gasteiger partial charge in [0.15, 0.2) is 6.10 Å². The molecule has 4 nitrogen and oxygen atoms in total. The van der Waals surface area contributed by atoms with Crippen molar-refractivity contribution in [3.8, 4) is 0 Å². The third-order valence-electron chi connectivity index (χ3n) is 1.47. The van der Waals surface area contributed by atoms with Crippen LogP contribution in [0.3, 0.4) is 0 Å². The maximum absolute atomic E-state index is 10.0. The molecule has 0 aliphatic carbocycles. The first-order valence-corrected chi connectivity index (χ1v) is 3.40. The van der Waals surface area contributed by atoms with Gasteiger partial charge < -0.3 is 4.74 Å². The molecular formula is C6H11NO3. The minimum atomic E-state index is -0.706. The predicted octanol–water partition coefficient (Wildman–Crippen LogP) is 1.03. The Balaban J connectivity index is 2.20. The molecule has 1 fully saturated rings. The van der Waals surface area contributed by atoms with Gasteiger partial charge in [-0.3, -0.25) is 10.1 Å². The Morgan fingerprint density at radius 2 is 2.30 bits per heavy atom. The Kier molecular flexibility index (Phi) is 1.89. The predicted molar refractivity (Wildman–Crippen MR) is 35.1 cm³/mol. The van der Waals surface area contributed by atoms with Gasteiger partial charge in [0.2, 0.25) is 0 Å². The Morgan fingerprint density at radius 1 is 1.70 bits per heavy atom. The lowest BCUT2D eigenvalue weighted by atomic mass is 10.1. The van der Waals surface area contributed by atoms with Crippen LogP contribution in [0, 0.1) is 16.0 Å². The van der Waals surface area contributed by atoms with E-state index in [9.17, 15) is 10.1 Å². The van der Waals surface area contributed by atoms with Crippen molar-refractivity contribution in [1.29, 1.82) is 0 Å². The molecular weight excluding hydrogens is 134 g/mol. The Bertz CT molecular complexity index is 146. The van der Waals surface area contributed by atoms with Gasteiger partial charge in [-0.1, -0.05) is 13.8 Å². The molecule has 0 aromatic heterocycles. The lowest BCUT2D eigenvalue weighted by Gasteiger charge is -1.95. The number of hydrogen-bond donors (Lipinski definition) is 0. The summed E-state index contributed by atoms with van der Waals surface area (Å²) in [7, 11) is 0. The summed E-state index contributed by atoms with van der Waals surface area (Å²) in [5.74, 6) is 0.481. The van der Waals surface area contributed by atoms with Crippen molar-refractivity contribution >= 4 is 0 Å². The zero-order chi connectivity index (χ0) is 7.72. The first-order chi connectivity index (χ1) is 4.61. The maximum atomic E-state index is 10.0. The maximum Gasteiger partial charge on any atom is 0.342 e. The molecule has 2 unspecified atom stereocenters. The molecule has 4 heteroatoms. The summed E-state index contributed by atoms with van der Waals surface area (Å²) >= 11 is 0. The molecule has 1 rings (SSSR count). The number of epoxide rings is 1. The van der Waals surface area contributed by atoms with Gasteiger partial charge >= 0.3 is 6.23 Å². The van der Waals surface area contributed by atoms with Gasteiger partial charge in [-0.15, -0.1) is 0 Å². The number of ether oxygens (including phenoxy) is 1. The SMILES string of the molecule is CC(C)CC1OC1[N+](=O)[O-]. The molecule has 0 aromatic carbocycles. The summed E-state index contributed by atoms with van der Waals surface area (Å²) in [6.07, 6.45) is -0.0246. The van der Waals surface area contributed by atoms with Crippen LogP contribution in [-0.4, -0.2) is 17.3 Å². The van der Waals surface area contributed by atoms with Gasteiger partial charge in [0.05, 0.1) is 4.92 Å². The monoisotopic (exact) mass is 145 g/mol. The van der Waals surface area contributed by atoms with Gasteiger partial charge in [0.1, 0.15) is 0 Å². The average Bonchev–Trinajstić information content (AvgIpc) is 2.43. The second kappa shape index (κ2) is 2.54. The molecule has 1 saturated heterocycles. The van der Waals surface area contributed by atoms with Crippen LogP contribution < -0.4 is 0 Å². The van der Waals surface area contributed by atoms with E-state index in [1.54, 1.807) is 0 Å². The van der Waals surface area contributed by atoms with Crippen molar-refractivity contribution in [3.63, 3.8) is 0 Å². The van der Waals surface area contributed by atoms with E-state index in [0.717, 1.165) is 6.42 Å². The lowest BCUT2D eigenvalue weighted by molar-refractivity contribution is -0.516. The fraction of sp³-hybridized carbons (Fsp3) is 1.00. The second-order valence-corrected chi connectivity index (χ2v) is 2.98. The van der Waals surface area contributed by atoms with E-state index in [-0.39, 0.29) is 11.0 Å². The van der Waals surface area contributed by atoms with E-state index in [2.05, 4.69) is 0 Å². The molecule has 0 spiro atoms. The minimum absolute atomic E-state index is 0.116. The second-order valence-electron chi connectivity index (χ2n) is 2.98. The van der Waals surface area contributed by atoms with Crippen molar-refractivity contribution in [2.24, 2.45) is 5.92 Å². The molecule has 0 bridgehead atoms. The summed E-state index contributed by atoms with van der Waals surface area (Å²) in [6.45, 7) is 4.05. The van der Waals surface area contributed by atoms with Crippen LogP contribution in [0.1, 0.15) is 20.3 Å². The number of hydrogen-bond acceptors (Lipinski definition) is 3. The highest BCUT2D eigenvalue weighted by Gasteiger charge is 2.50. The van der Waals surface area contributed by atoms with Gasteiger partial charge in [0, 0.05) is 0 Å². The lowest BCUT2D eigenvalue weighted by Crippen LogP contribution is -2.07. The molecule has 2 atom stereocenters. The quantitative estimate of drug-likeness (QED) is 0.338. The molecule has 58 valence electrons. The standard InChI is InChI=1S/C6H11NO3/c1-4(2)3-5-6(10-5)7(8)9/h4-6H,3H2,1-2H3. The van der Waals surface area contributed by atoms with Crippen LogP contribution in [0.4, 0.5) is 0 Å². The van der Waals surface area contributed by atoms with Crippen LogP contribution in [0.25, 0.3) is 0 Å². The van der Waals surface area contributed by atoms with Crippen LogP contribution in [0.2, 0.25) is 0 Å². The van der Waals surface area contributed by atoms with Gasteiger partial charge in [-0.2, -0.15) is 0 Å². The van der Waals surface area contributed by atoms with Crippen LogP contribution in [0.5, 0.6) is 0 Å². The first kappa shape index (κ1) is 7.47. The number of rotatable bonds is 3. The summed E-state index contributed by atoms with van der Waals surface area (Å²) < 4.78 is 4.79. The van der Waals surface area contributed by atoms with Gasteiger partial charge in [0.25, 0.3) is 0 Å². The largest absolute Gasteiger partial charge is 0.342 e. The molecule has 0 amide bonds. The van der Waals surface area contributed by atoms with E-state index in [1.165, 1.54) is 0 Å². The summed E-state index contributed by atoms with van der Waals surface area (Å²) in [5.41, 5.74) is 0. The zero-order valence-corrected chi connectivity index (χ0v) is 6.11. The van der Waals surface area contributed by atoms with Crippen molar-refractivity contribution in [2.75, 3.05) is 0 Å². The van der Waals surface area contributed by atoms with Crippen molar-refractivity contribution in [1.82, 2.24) is 0 Å². The highest BCUT2D eigenvalue weighted by Crippen LogP contribution is 2.28. The van der Waals surface area contributed by atoms with E-state index in [1.807, 2.05) is 13.8 Å². The zero-order valence-electron chi connectivity index (χ0n) is 6.11. The normalized spacial score (nSPS) is 30.7. The number of nitro groups is 1.